The van der Waals surface area contributed by atoms with Gasteiger partial charge in [-0.3, -0.25) is 4.79 Å². The number of dihydropyridines is 1. The van der Waals surface area contributed by atoms with Crippen molar-refractivity contribution in [1.29, 1.82) is 5.26 Å². The van der Waals surface area contributed by atoms with Gasteiger partial charge in [0.05, 0.1) is 56.8 Å². The predicted octanol–water partition coefficient (Wildman–Crippen LogP) is 4.84. The number of ether oxygens (including phenoxy) is 2. The summed E-state index contributed by atoms with van der Waals surface area (Å²) >= 11 is 13.0. The van der Waals surface area contributed by atoms with Crippen molar-refractivity contribution < 1.29 is 23.5 Å². The van der Waals surface area contributed by atoms with Crippen molar-refractivity contribution in [2.45, 2.75) is 12.8 Å². The molecule has 34 heavy (non-hydrogen) atoms. The topological polar surface area (TPSA) is 114 Å². The Morgan fingerprint density at radius 3 is 2.71 bits per heavy atom. The highest BCUT2D eigenvalue weighted by molar-refractivity contribution is 8.03. The summed E-state index contributed by atoms with van der Waals surface area (Å²) in [6.07, 6.45) is 1.47. The number of thioether (sulfide) groups is 1. The molecule has 2 aromatic rings. The van der Waals surface area contributed by atoms with Crippen LogP contribution in [0.5, 0.6) is 0 Å². The molecule has 1 aliphatic rings. The van der Waals surface area contributed by atoms with Crippen LogP contribution in [-0.2, 0) is 19.1 Å². The Kier molecular flexibility index (Phi) is 9.07. The lowest BCUT2D eigenvalue weighted by atomic mass is 9.86. The molecule has 0 radical (unpaired) electrons. The molecule has 1 atom stereocenters. The van der Waals surface area contributed by atoms with E-state index in [-0.39, 0.29) is 36.0 Å². The van der Waals surface area contributed by atoms with Crippen molar-refractivity contribution in [3.05, 3.63) is 74.3 Å². The number of carbonyl (C=O) groups excluding carboxylic acids is 2. The number of benzene rings is 1. The van der Waals surface area contributed by atoms with E-state index in [1.165, 1.54) is 13.4 Å². The lowest BCUT2D eigenvalue weighted by Crippen LogP contribution is -2.29. The SMILES string of the molecule is COCCOC(=O)C1=C(C)NC(SCC(=O)Nc2ccc(Cl)c(Cl)c2)=C(C#N)[C@H]1c1ccco1. The van der Waals surface area contributed by atoms with Crippen LogP contribution < -0.4 is 10.6 Å². The van der Waals surface area contributed by atoms with Crippen molar-refractivity contribution in [1.82, 2.24) is 5.32 Å². The van der Waals surface area contributed by atoms with Gasteiger partial charge in [0.1, 0.15) is 12.4 Å². The van der Waals surface area contributed by atoms with Crippen LogP contribution in [0.4, 0.5) is 5.69 Å². The number of rotatable bonds is 9. The predicted molar refractivity (Wildman–Crippen MR) is 130 cm³/mol. The van der Waals surface area contributed by atoms with Crippen molar-refractivity contribution in [2.75, 3.05) is 31.4 Å². The minimum Gasteiger partial charge on any atom is -0.468 e. The van der Waals surface area contributed by atoms with E-state index in [0.29, 0.717) is 32.2 Å². The fraction of sp³-hybridized carbons (Fsp3) is 0.261. The second-order valence-electron chi connectivity index (χ2n) is 7.06. The van der Waals surface area contributed by atoms with Crippen molar-refractivity contribution in [3.63, 3.8) is 0 Å². The van der Waals surface area contributed by atoms with Gasteiger partial charge in [0, 0.05) is 18.5 Å². The molecule has 0 fully saturated rings. The Morgan fingerprint density at radius 1 is 1.26 bits per heavy atom. The maximum atomic E-state index is 12.8. The van der Waals surface area contributed by atoms with Gasteiger partial charge in [0.2, 0.25) is 5.91 Å². The Balaban J connectivity index is 1.81. The van der Waals surface area contributed by atoms with Gasteiger partial charge in [-0.15, -0.1) is 0 Å². The second kappa shape index (κ2) is 12.0. The van der Waals surface area contributed by atoms with E-state index in [2.05, 4.69) is 16.7 Å². The number of halogens is 2. The number of furan rings is 1. The van der Waals surface area contributed by atoms with Gasteiger partial charge in [-0.1, -0.05) is 35.0 Å². The minimum atomic E-state index is -0.781. The highest BCUT2D eigenvalue weighted by Crippen LogP contribution is 2.41. The molecule has 1 aliphatic heterocycles. The van der Waals surface area contributed by atoms with Gasteiger partial charge in [-0.25, -0.2) is 4.79 Å². The summed E-state index contributed by atoms with van der Waals surface area (Å²) < 4.78 is 15.8. The van der Waals surface area contributed by atoms with Crippen molar-refractivity contribution >= 4 is 52.5 Å². The number of nitriles is 1. The Hall–Kier alpha value is -2.90. The van der Waals surface area contributed by atoms with E-state index in [4.69, 9.17) is 37.1 Å². The summed E-state index contributed by atoms with van der Waals surface area (Å²) in [4.78, 5) is 25.3. The van der Waals surface area contributed by atoms with Crippen LogP contribution in [0, 0.1) is 11.3 Å². The van der Waals surface area contributed by atoms with Gasteiger partial charge in [0.15, 0.2) is 0 Å². The molecule has 1 aromatic heterocycles. The molecule has 178 valence electrons. The number of nitrogens with zero attached hydrogens (tertiary/aromatic N) is 1. The van der Waals surface area contributed by atoms with Crippen molar-refractivity contribution in [2.24, 2.45) is 0 Å². The Morgan fingerprint density at radius 2 is 2.06 bits per heavy atom. The quantitative estimate of drug-likeness (QED) is 0.355. The summed E-state index contributed by atoms with van der Waals surface area (Å²) in [5, 5.41) is 16.9. The lowest BCUT2D eigenvalue weighted by molar-refractivity contribution is -0.140. The van der Waals surface area contributed by atoms with Crippen LogP contribution in [0.25, 0.3) is 0 Å². The third-order valence-electron chi connectivity index (χ3n) is 4.77. The minimum absolute atomic E-state index is 0.000464. The number of nitrogens with one attached hydrogen (secondary N) is 2. The van der Waals surface area contributed by atoms with Gasteiger partial charge in [-0.2, -0.15) is 5.26 Å². The Bertz CT molecular complexity index is 1170. The zero-order chi connectivity index (χ0) is 24.7. The first kappa shape index (κ1) is 25.7. The summed E-state index contributed by atoms with van der Waals surface area (Å²) in [6, 6.07) is 10.3. The number of carbonyl (C=O) groups is 2. The molecule has 1 aromatic carbocycles. The highest BCUT2D eigenvalue weighted by Gasteiger charge is 2.37. The maximum absolute atomic E-state index is 12.8. The van der Waals surface area contributed by atoms with E-state index < -0.39 is 11.9 Å². The second-order valence-corrected chi connectivity index (χ2v) is 8.86. The third-order valence-corrected chi connectivity index (χ3v) is 6.52. The number of methoxy groups -OCH3 is 1. The molecule has 0 unspecified atom stereocenters. The molecule has 8 nitrogen and oxygen atoms in total. The fourth-order valence-electron chi connectivity index (χ4n) is 3.24. The zero-order valence-electron chi connectivity index (χ0n) is 18.3. The molecule has 0 spiro atoms. The molecule has 0 saturated carbocycles. The first-order chi connectivity index (χ1) is 16.3. The summed E-state index contributed by atoms with van der Waals surface area (Å²) in [5.74, 6) is -1.26. The Labute approximate surface area is 210 Å². The standard InChI is InChI=1S/C23H21Cl2N3O5S/c1-13-20(23(30)33-9-8-31-2)21(18-4-3-7-32-18)15(11-26)22(27-13)34-12-19(29)28-14-5-6-16(24)17(25)10-14/h3-7,10,21,27H,8-9,12H2,1-2H3,(H,28,29)/t21-/m0/s1. The molecule has 0 saturated heterocycles. The first-order valence-electron chi connectivity index (χ1n) is 10.0. The van der Waals surface area contributed by atoms with Crippen LogP contribution in [0.2, 0.25) is 10.0 Å². The van der Waals surface area contributed by atoms with Crippen LogP contribution in [0.1, 0.15) is 18.6 Å². The smallest absolute Gasteiger partial charge is 0.336 e. The summed E-state index contributed by atoms with van der Waals surface area (Å²) in [7, 11) is 1.50. The normalized spacial score (nSPS) is 15.6. The maximum Gasteiger partial charge on any atom is 0.336 e. The molecule has 2 N–H and O–H groups in total. The van der Waals surface area contributed by atoms with Crippen LogP contribution in [-0.4, -0.2) is 38.0 Å². The molecule has 0 bridgehead atoms. The molecule has 0 aliphatic carbocycles. The molecular weight excluding hydrogens is 501 g/mol. The number of hydrogen-bond donors (Lipinski definition) is 2. The van der Waals surface area contributed by atoms with Crippen molar-refractivity contribution in [3.8, 4) is 6.07 Å². The first-order valence-corrected chi connectivity index (χ1v) is 11.8. The summed E-state index contributed by atoms with van der Waals surface area (Å²) in [5.41, 5.74) is 1.49. The molecule has 2 heterocycles. The number of allylic oxidation sites excluding steroid dienone is 2. The van der Waals surface area contributed by atoms with E-state index in [0.717, 1.165) is 11.8 Å². The van der Waals surface area contributed by atoms with Gasteiger partial charge >= 0.3 is 5.97 Å². The number of hydrogen-bond acceptors (Lipinski definition) is 8. The number of anilines is 1. The van der Waals surface area contributed by atoms with Gasteiger partial charge < -0.3 is 24.5 Å². The average Bonchev–Trinajstić information content (AvgIpc) is 3.34. The number of esters is 1. The van der Waals surface area contributed by atoms with Crippen LogP contribution in [0.3, 0.4) is 0 Å². The van der Waals surface area contributed by atoms with Crippen LogP contribution in [0.15, 0.2) is 62.9 Å². The average molecular weight is 522 g/mol. The number of amides is 1. The summed E-state index contributed by atoms with van der Waals surface area (Å²) in [6.45, 7) is 2.01. The van der Waals surface area contributed by atoms with E-state index in [1.807, 2.05) is 0 Å². The molecular formula is C23H21Cl2N3O5S. The van der Waals surface area contributed by atoms with Crippen LogP contribution >= 0.6 is 35.0 Å². The van der Waals surface area contributed by atoms with E-state index >= 15 is 0 Å². The molecule has 1 amide bonds. The fourth-order valence-corrected chi connectivity index (χ4v) is 4.43. The van der Waals surface area contributed by atoms with Gasteiger partial charge in [0.25, 0.3) is 0 Å². The monoisotopic (exact) mass is 521 g/mol. The third kappa shape index (κ3) is 6.15. The van der Waals surface area contributed by atoms with E-state index in [1.54, 1.807) is 37.3 Å². The van der Waals surface area contributed by atoms with Gasteiger partial charge in [-0.05, 0) is 37.3 Å². The van der Waals surface area contributed by atoms with E-state index in [9.17, 15) is 14.9 Å². The zero-order valence-corrected chi connectivity index (χ0v) is 20.6. The lowest BCUT2D eigenvalue weighted by Gasteiger charge is -2.27. The molecule has 11 heteroatoms. The highest BCUT2D eigenvalue weighted by atomic mass is 35.5. The largest absolute Gasteiger partial charge is 0.468 e. The molecule has 3 rings (SSSR count).